The summed E-state index contributed by atoms with van der Waals surface area (Å²) in [6.45, 7) is 2.59. The van der Waals surface area contributed by atoms with Crippen molar-refractivity contribution in [1.82, 2.24) is 15.2 Å². The van der Waals surface area contributed by atoms with Gasteiger partial charge in [-0.15, -0.1) is 11.3 Å². The molecule has 0 radical (unpaired) electrons. The molecular formula is C25H27FN4O4S. The summed E-state index contributed by atoms with van der Waals surface area (Å²) in [5.41, 5.74) is 2.81. The Morgan fingerprint density at radius 1 is 1.06 bits per heavy atom. The smallest absolute Gasteiger partial charge is 0.254 e. The largest absolute Gasteiger partial charge is 0.383 e. The minimum Gasteiger partial charge on any atom is -0.383 e. The van der Waals surface area contributed by atoms with E-state index in [0.29, 0.717) is 23.0 Å². The van der Waals surface area contributed by atoms with Crippen molar-refractivity contribution in [3.8, 4) is 0 Å². The third kappa shape index (κ3) is 8.27. The normalized spacial score (nSPS) is 10.6. The third-order valence-electron chi connectivity index (χ3n) is 5.03. The van der Waals surface area contributed by atoms with E-state index >= 15 is 0 Å². The van der Waals surface area contributed by atoms with Crippen LogP contribution in [0.1, 0.15) is 27.2 Å². The molecule has 184 valence electrons. The van der Waals surface area contributed by atoms with E-state index in [1.54, 1.807) is 29.6 Å². The zero-order valence-corrected chi connectivity index (χ0v) is 20.4. The second kappa shape index (κ2) is 12.7. The Bertz CT molecular complexity index is 1150. The maximum absolute atomic E-state index is 13.0. The molecule has 0 spiro atoms. The quantitative estimate of drug-likeness (QED) is 0.423. The highest BCUT2D eigenvalue weighted by molar-refractivity contribution is 7.13. The van der Waals surface area contributed by atoms with Crippen molar-refractivity contribution in [3.05, 3.63) is 82.1 Å². The molecular weight excluding hydrogens is 471 g/mol. The number of aromatic nitrogens is 1. The van der Waals surface area contributed by atoms with Gasteiger partial charge in [0.25, 0.3) is 5.91 Å². The first-order valence-corrected chi connectivity index (χ1v) is 11.8. The summed E-state index contributed by atoms with van der Waals surface area (Å²) in [6.07, 6.45) is 0.0411. The van der Waals surface area contributed by atoms with E-state index in [1.165, 1.54) is 35.5 Å². The molecule has 0 saturated carbocycles. The van der Waals surface area contributed by atoms with E-state index in [1.807, 2.05) is 19.1 Å². The highest BCUT2D eigenvalue weighted by Crippen LogP contribution is 2.16. The van der Waals surface area contributed by atoms with Gasteiger partial charge in [0.1, 0.15) is 12.4 Å². The van der Waals surface area contributed by atoms with Gasteiger partial charge in [0.2, 0.25) is 11.8 Å². The van der Waals surface area contributed by atoms with Crippen molar-refractivity contribution in [2.24, 2.45) is 0 Å². The average Bonchev–Trinajstić information content (AvgIpc) is 3.27. The maximum atomic E-state index is 13.0. The van der Waals surface area contributed by atoms with Crippen LogP contribution in [0.25, 0.3) is 0 Å². The standard InChI is InChI=1S/C25H27FN4O4S/c1-17-3-7-19(8-4-17)24(33)30(11-12-34-2)15-23(32)29-25-28-21(16-35-25)13-22(31)27-14-18-5-9-20(26)10-6-18/h3-10,16H,11-15H2,1-2H3,(H,27,31)(H,28,29,32). The number of nitrogens with one attached hydrogen (secondary N) is 2. The van der Waals surface area contributed by atoms with Crippen molar-refractivity contribution in [1.29, 1.82) is 0 Å². The van der Waals surface area contributed by atoms with Gasteiger partial charge in [-0.2, -0.15) is 0 Å². The van der Waals surface area contributed by atoms with Gasteiger partial charge in [-0.1, -0.05) is 29.8 Å². The minimum absolute atomic E-state index is 0.0411. The number of hydrogen-bond donors (Lipinski definition) is 2. The summed E-state index contributed by atoms with van der Waals surface area (Å²) in [4.78, 5) is 43.4. The van der Waals surface area contributed by atoms with Crippen LogP contribution in [0.3, 0.4) is 0 Å². The molecule has 0 saturated heterocycles. The van der Waals surface area contributed by atoms with Gasteiger partial charge in [0.15, 0.2) is 5.13 Å². The Morgan fingerprint density at radius 2 is 1.77 bits per heavy atom. The summed E-state index contributed by atoms with van der Waals surface area (Å²) >= 11 is 1.19. The lowest BCUT2D eigenvalue weighted by molar-refractivity contribution is -0.120. The molecule has 0 bridgehead atoms. The molecule has 35 heavy (non-hydrogen) atoms. The van der Waals surface area contributed by atoms with E-state index < -0.39 is 5.91 Å². The number of halogens is 1. The second-order valence-electron chi connectivity index (χ2n) is 7.86. The highest BCUT2D eigenvalue weighted by Gasteiger charge is 2.19. The van der Waals surface area contributed by atoms with Gasteiger partial charge in [-0.05, 0) is 36.8 Å². The Balaban J connectivity index is 1.52. The number of benzene rings is 2. The Hall–Kier alpha value is -3.63. The maximum Gasteiger partial charge on any atom is 0.254 e. The van der Waals surface area contributed by atoms with Gasteiger partial charge in [0.05, 0.1) is 18.7 Å². The molecule has 2 N–H and O–H groups in total. The number of rotatable bonds is 11. The molecule has 0 aliphatic heterocycles. The van der Waals surface area contributed by atoms with Crippen LogP contribution in [0.5, 0.6) is 0 Å². The Morgan fingerprint density at radius 3 is 2.46 bits per heavy atom. The number of anilines is 1. The van der Waals surface area contributed by atoms with Crippen LogP contribution in [-0.4, -0.2) is 54.4 Å². The number of hydrogen-bond acceptors (Lipinski definition) is 6. The zero-order valence-electron chi connectivity index (χ0n) is 19.5. The molecule has 8 nitrogen and oxygen atoms in total. The summed E-state index contributed by atoms with van der Waals surface area (Å²) in [5.74, 6) is -1.25. The number of amides is 3. The summed E-state index contributed by atoms with van der Waals surface area (Å²) in [5, 5.41) is 7.47. The molecule has 3 aromatic rings. The van der Waals surface area contributed by atoms with E-state index in [9.17, 15) is 18.8 Å². The first-order valence-electron chi connectivity index (χ1n) is 10.9. The van der Waals surface area contributed by atoms with Crippen LogP contribution in [0, 0.1) is 12.7 Å². The van der Waals surface area contributed by atoms with Gasteiger partial charge < -0.3 is 20.3 Å². The molecule has 1 heterocycles. The first kappa shape index (κ1) is 26.0. The fourth-order valence-electron chi connectivity index (χ4n) is 3.14. The fraction of sp³-hybridized carbons (Fsp3) is 0.280. The molecule has 10 heteroatoms. The van der Waals surface area contributed by atoms with E-state index in [2.05, 4.69) is 15.6 Å². The predicted molar refractivity (Wildman–Crippen MR) is 132 cm³/mol. The Kier molecular flexibility index (Phi) is 9.45. The number of nitrogens with zero attached hydrogens (tertiary/aromatic N) is 2. The number of aryl methyl sites for hydroxylation is 1. The predicted octanol–water partition coefficient (Wildman–Crippen LogP) is 3.18. The molecule has 3 rings (SSSR count). The number of ether oxygens (including phenoxy) is 1. The van der Waals surface area contributed by atoms with Crippen molar-refractivity contribution in [2.45, 2.75) is 19.9 Å². The summed E-state index contributed by atoms with van der Waals surface area (Å²) < 4.78 is 18.1. The second-order valence-corrected chi connectivity index (χ2v) is 8.72. The van der Waals surface area contributed by atoms with Crippen LogP contribution >= 0.6 is 11.3 Å². The average molecular weight is 499 g/mol. The summed E-state index contributed by atoms with van der Waals surface area (Å²) in [7, 11) is 1.53. The highest BCUT2D eigenvalue weighted by atomic mass is 32.1. The number of carbonyl (C=O) groups is 3. The molecule has 0 aliphatic rings. The fourth-order valence-corrected chi connectivity index (χ4v) is 3.87. The lowest BCUT2D eigenvalue weighted by Gasteiger charge is -2.21. The number of carbonyl (C=O) groups excluding carboxylic acids is 3. The van der Waals surface area contributed by atoms with Crippen molar-refractivity contribution in [2.75, 3.05) is 32.1 Å². The van der Waals surface area contributed by atoms with Gasteiger partial charge in [-0.3, -0.25) is 14.4 Å². The van der Waals surface area contributed by atoms with Crippen LogP contribution in [0.15, 0.2) is 53.9 Å². The van der Waals surface area contributed by atoms with Gasteiger partial charge >= 0.3 is 0 Å². The molecule has 3 amide bonds. The third-order valence-corrected chi connectivity index (χ3v) is 5.83. The SMILES string of the molecule is COCCN(CC(=O)Nc1nc(CC(=O)NCc2ccc(F)cc2)cs1)C(=O)c1ccc(C)cc1. The van der Waals surface area contributed by atoms with Crippen LogP contribution in [0.4, 0.5) is 9.52 Å². The van der Waals surface area contributed by atoms with E-state index in [4.69, 9.17) is 4.74 Å². The summed E-state index contributed by atoms with van der Waals surface area (Å²) in [6, 6.07) is 13.0. The Labute approximate surface area is 207 Å². The van der Waals surface area contributed by atoms with Crippen LogP contribution in [-0.2, 0) is 27.3 Å². The molecule has 0 aliphatic carbocycles. The zero-order chi connectivity index (χ0) is 25.2. The van der Waals surface area contributed by atoms with Crippen LogP contribution in [0.2, 0.25) is 0 Å². The van der Waals surface area contributed by atoms with Crippen molar-refractivity contribution >= 4 is 34.2 Å². The molecule has 2 aromatic carbocycles. The topological polar surface area (TPSA) is 101 Å². The molecule has 0 fully saturated rings. The lowest BCUT2D eigenvalue weighted by atomic mass is 10.1. The van der Waals surface area contributed by atoms with E-state index in [0.717, 1.165) is 11.1 Å². The van der Waals surface area contributed by atoms with Gasteiger partial charge in [-0.25, -0.2) is 9.37 Å². The minimum atomic E-state index is -0.400. The van der Waals surface area contributed by atoms with Crippen molar-refractivity contribution < 1.29 is 23.5 Å². The van der Waals surface area contributed by atoms with Gasteiger partial charge in [0, 0.05) is 31.1 Å². The van der Waals surface area contributed by atoms with E-state index in [-0.39, 0.29) is 43.7 Å². The number of methoxy groups -OCH3 is 1. The first-order chi connectivity index (χ1) is 16.8. The monoisotopic (exact) mass is 498 g/mol. The molecule has 1 aromatic heterocycles. The van der Waals surface area contributed by atoms with Crippen molar-refractivity contribution in [3.63, 3.8) is 0 Å². The lowest BCUT2D eigenvalue weighted by Crippen LogP contribution is -2.40. The van der Waals surface area contributed by atoms with Crippen LogP contribution < -0.4 is 10.6 Å². The molecule has 0 unspecified atom stereocenters. The number of thiazole rings is 1. The molecule has 0 atom stereocenters.